The number of carbonyl (C=O) groups is 2. The van der Waals surface area contributed by atoms with Crippen LogP contribution in [-0.4, -0.2) is 29.9 Å². The lowest BCUT2D eigenvalue weighted by Gasteiger charge is -2.25. The van der Waals surface area contributed by atoms with Gasteiger partial charge in [-0.3, -0.25) is 4.79 Å². The zero-order valence-electron chi connectivity index (χ0n) is 15.4. The van der Waals surface area contributed by atoms with Crippen molar-refractivity contribution in [2.75, 3.05) is 13.1 Å². The van der Waals surface area contributed by atoms with E-state index in [-0.39, 0.29) is 18.0 Å². The van der Waals surface area contributed by atoms with Gasteiger partial charge in [0.05, 0.1) is 23.9 Å². The fourth-order valence-electron chi connectivity index (χ4n) is 3.74. The van der Waals surface area contributed by atoms with Gasteiger partial charge in [0.15, 0.2) is 0 Å². The molecule has 27 heavy (non-hydrogen) atoms. The predicted molar refractivity (Wildman–Crippen MR) is 104 cm³/mol. The first kappa shape index (κ1) is 17.3. The van der Waals surface area contributed by atoms with E-state index in [0.29, 0.717) is 18.7 Å². The van der Waals surface area contributed by atoms with Crippen molar-refractivity contribution in [2.45, 2.75) is 25.8 Å². The van der Waals surface area contributed by atoms with Crippen LogP contribution < -0.4 is 10.6 Å². The standard InChI is InChI=1S/C22H23N3O2/c1-15-9-11-17(12-10-15)20-19-18(23-22(27)24-20)14-25(21(19)26)13-5-8-16-6-3-2-4-7-16/h2-4,6-7,9-12,20H,5,8,13-14H2,1H3,(H2,23,24,27). The Labute approximate surface area is 159 Å². The average molecular weight is 361 g/mol. The van der Waals surface area contributed by atoms with Gasteiger partial charge in [0.25, 0.3) is 5.91 Å². The van der Waals surface area contributed by atoms with Crippen molar-refractivity contribution in [2.24, 2.45) is 0 Å². The molecule has 138 valence electrons. The SMILES string of the molecule is Cc1ccc(C2NC(=O)NC3=C2C(=O)N(CCCc2ccccc2)C3)cc1. The summed E-state index contributed by atoms with van der Waals surface area (Å²) in [5.41, 5.74) is 4.75. The zero-order valence-corrected chi connectivity index (χ0v) is 15.4. The van der Waals surface area contributed by atoms with Gasteiger partial charge in [0.1, 0.15) is 0 Å². The molecule has 2 aromatic carbocycles. The van der Waals surface area contributed by atoms with Crippen LogP contribution >= 0.6 is 0 Å². The molecule has 0 aromatic heterocycles. The topological polar surface area (TPSA) is 61.4 Å². The monoisotopic (exact) mass is 361 g/mol. The molecule has 3 amide bonds. The maximum Gasteiger partial charge on any atom is 0.319 e. The highest BCUT2D eigenvalue weighted by Crippen LogP contribution is 2.32. The van der Waals surface area contributed by atoms with Gasteiger partial charge in [-0.05, 0) is 30.9 Å². The lowest BCUT2D eigenvalue weighted by atomic mass is 9.95. The Kier molecular flexibility index (Phi) is 4.67. The molecule has 4 rings (SSSR count). The highest BCUT2D eigenvalue weighted by Gasteiger charge is 2.39. The van der Waals surface area contributed by atoms with Gasteiger partial charge < -0.3 is 15.5 Å². The van der Waals surface area contributed by atoms with Crippen molar-refractivity contribution >= 4 is 11.9 Å². The first-order valence-corrected chi connectivity index (χ1v) is 9.32. The van der Waals surface area contributed by atoms with E-state index in [9.17, 15) is 9.59 Å². The van der Waals surface area contributed by atoms with Crippen LogP contribution in [0.3, 0.4) is 0 Å². The number of aryl methyl sites for hydroxylation is 2. The van der Waals surface area contributed by atoms with Crippen LogP contribution in [0.15, 0.2) is 65.9 Å². The van der Waals surface area contributed by atoms with Gasteiger partial charge in [-0.2, -0.15) is 0 Å². The maximum absolute atomic E-state index is 13.0. The van der Waals surface area contributed by atoms with Crippen LogP contribution in [0.1, 0.15) is 29.2 Å². The molecule has 2 aromatic rings. The van der Waals surface area contributed by atoms with Crippen LogP contribution in [-0.2, 0) is 11.2 Å². The number of benzene rings is 2. The molecule has 2 aliphatic rings. The summed E-state index contributed by atoms with van der Waals surface area (Å²) in [6.45, 7) is 3.17. The predicted octanol–water partition coefficient (Wildman–Crippen LogP) is 3.08. The molecule has 1 unspecified atom stereocenters. The molecule has 0 saturated heterocycles. The Morgan fingerprint density at radius 1 is 1.04 bits per heavy atom. The van der Waals surface area contributed by atoms with E-state index < -0.39 is 0 Å². The van der Waals surface area contributed by atoms with Crippen molar-refractivity contribution in [1.82, 2.24) is 15.5 Å². The smallest absolute Gasteiger partial charge is 0.319 e. The quantitative estimate of drug-likeness (QED) is 0.860. The molecule has 1 atom stereocenters. The Morgan fingerprint density at radius 2 is 1.78 bits per heavy atom. The highest BCUT2D eigenvalue weighted by atomic mass is 16.2. The second-order valence-electron chi connectivity index (χ2n) is 7.15. The minimum atomic E-state index is -0.388. The summed E-state index contributed by atoms with van der Waals surface area (Å²) in [5.74, 6) is 0.0103. The van der Waals surface area contributed by atoms with Crippen molar-refractivity contribution in [3.63, 3.8) is 0 Å². The van der Waals surface area contributed by atoms with Crippen LogP contribution in [0.2, 0.25) is 0 Å². The Hall–Kier alpha value is -3.08. The first-order chi connectivity index (χ1) is 13.1. The zero-order chi connectivity index (χ0) is 18.8. The molecule has 0 saturated carbocycles. The normalized spacial score (nSPS) is 19.0. The number of nitrogens with one attached hydrogen (secondary N) is 2. The third kappa shape index (κ3) is 3.58. The molecule has 5 heteroatoms. The van der Waals surface area contributed by atoms with E-state index in [1.165, 1.54) is 5.56 Å². The van der Waals surface area contributed by atoms with E-state index in [1.807, 2.05) is 54.3 Å². The van der Waals surface area contributed by atoms with Crippen LogP contribution in [0.4, 0.5) is 4.79 Å². The molecular formula is C22H23N3O2. The summed E-state index contributed by atoms with van der Waals surface area (Å²) in [6.07, 6.45) is 1.83. The minimum absolute atomic E-state index is 0.0103. The van der Waals surface area contributed by atoms with Gasteiger partial charge in [0, 0.05) is 6.54 Å². The molecule has 2 heterocycles. The van der Waals surface area contributed by atoms with Crippen LogP contribution in [0, 0.1) is 6.92 Å². The summed E-state index contributed by atoms with van der Waals surface area (Å²) in [5, 5.41) is 5.73. The second-order valence-corrected chi connectivity index (χ2v) is 7.15. The first-order valence-electron chi connectivity index (χ1n) is 9.32. The summed E-state index contributed by atoms with van der Waals surface area (Å²) in [6, 6.07) is 17.6. The lowest BCUT2D eigenvalue weighted by molar-refractivity contribution is -0.125. The third-order valence-corrected chi connectivity index (χ3v) is 5.17. The fourth-order valence-corrected chi connectivity index (χ4v) is 3.74. The molecule has 2 aliphatic heterocycles. The van der Waals surface area contributed by atoms with Crippen LogP contribution in [0.25, 0.3) is 0 Å². The second kappa shape index (κ2) is 7.27. The molecule has 0 aliphatic carbocycles. The summed E-state index contributed by atoms with van der Waals surface area (Å²) < 4.78 is 0. The number of nitrogens with zero attached hydrogens (tertiary/aromatic N) is 1. The number of hydrogen-bond donors (Lipinski definition) is 2. The summed E-state index contributed by atoms with van der Waals surface area (Å²) >= 11 is 0. The van der Waals surface area contributed by atoms with Gasteiger partial charge >= 0.3 is 6.03 Å². The van der Waals surface area contributed by atoms with Crippen molar-refractivity contribution in [3.8, 4) is 0 Å². The number of carbonyl (C=O) groups excluding carboxylic acids is 2. The van der Waals surface area contributed by atoms with Crippen molar-refractivity contribution < 1.29 is 9.59 Å². The van der Waals surface area contributed by atoms with Crippen molar-refractivity contribution in [3.05, 3.63) is 82.6 Å². The lowest BCUT2D eigenvalue weighted by Crippen LogP contribution is -2.44. The fraction of sp³-hybridized carbons (Fsp3) is 0.273. The van der Waals surface area contributed by atoms with Gasteiger partial charge in [0.2, 0.25) is 0 Å². The summed E-state index contributed by atoms with van der Waals surface area (Å²) in [7, 11) is 0. The molecule has 0 radical (unpaired) electrons. The molecule has 5 nitrogen and oxygen atoms in total. The average Bonchev–Trinajstić information content (AvgIpc) is 2.98. The van der Waals surface area contributed by atoms with Gasteiger partial charge in [-0.25, -0.2) is 4.79 Å². The largest absolute Gasteiger partial charge is 0.333 e. The van der Waals surface area contributed by atoms with Crippen molar-refractivity contribution in [1.29, 1.82) is 0 Å². The molecule has 2 N–H and O–H groups in total. The Morgan fingerprint density at radius 3 is 2.52 bits per heavy atom. The van der Waals surface area contributed by atoms with Gasteiger partial charge in [-0.1, -0.05) is 60.2 Å². The van der Waals surface area contributed by atoms with Gasteiger partial charge in [-0.15, -0.1) is 0 Å². The van der Waals surface area contributed by atoms with E-state index in [0.717, 1.165) is 29.7 Å². The number of amides is 3. The minimum Gasteiger partial charge on any atom is -0.333 e. The maximum atomic E-state index is 13.0. The third-order valence-electron chi connectivity index (χ3n) is 5.17. The number of urea groups is 1. The Balaban J connectivity index is 1.47. The number of hydrogen-bond acceptors (Lipinski definition) is 2. The highest BCUT2D eigenvalue weighted by molar-refractivity contribution is 6.01. The molecule has 0 bridgehead atoms. The van der Waals surface area contributed by atoms with E-state index in [1.54, 1.807) is 0 Å². The van der Waals surface area contributed by atoms with E-state index in [4.69, 9.17) is 0 Å². The van der Waals surface area contributed by atoms with Crippen LogP contribution in [0.5, 0.6) is 0 Å². The summed E-state index contributed by atoms with van der Waals surface area (Å²) in [4.78, 5) is 26.9. The molecular weight excluding hydrogens is 338 g/mol. The van der Waals surface area contributed by atoms with E-state index in [2.05, 4.69) is 22.8 Å². The van der Waals surface area contributed by atoms with E-state index >= 15 is 0 Å². The molecule has 0 spiro atoms. The Bertz CT molecular complexity index is 888. The number of rotatable bonds is 5. The molecule has 0 fully saturated rings.